The molecule has 0 saturated heterocycles. The lowest BCUT2D eigenvalue weighted by atomic mass is 10.1. The van der Waals surface area contributed by atoms with Gasteiger partial charge in [-0.2, -0.15) is 0 Å². The van der Waals surface area contributed by atoms with Crippen molar-refractivity contribution in [2.24, 2.45) is 0 Å². The lowest BCUT2D eigenvalue weighted by Gasteiger charge is -2.09. The third-order valence-electron chi connectivity index (χ3n) is 2.93. The van der Waals surface area contributed by atoms with Gasteiger partial charge in [-0.05, 0) is 37.3 Å². The molecule has 0 fully saturated rings. The van der Waals surface area contributed by atoms with Crippen LogP contribution in [0, 0.1) is 0 Å². The van der Waals surface area contributed by atoms with Crippen LogP contribution in [0.15, 0.2) is 42.5 Å². The molecule has 22 heavy (non-hydrogen) atoms. The number of ketones is 1. The fourth-order valence-corrected chi connectivity index (χ4v) is 2.11. The van der Waals surface area contributed by atoms with Gasteiger partial charge in [-0.1, -0.05) is 35.3 Å². The number of rotatable bonds is 5. The first-order valence-electron chi connectivity index (χ1n) is 6.55. The Morgan fingerprint density at radius 1 is 1.00 bits per heavy atom. The molecule has 0 radical (unpaired) electrons. The summed E-state index contributed by atoms with van der Waals surface area (Å²) < 4.78 is 0. The van der Waals surface area contributed by atoms with Gasteiger partial charge in [0, 0.05) is 16.9 Å². The van der Waals surface area contributed by atoms with Crippen molar-refractivity contribution in [3.63, 3.8) is 0 Å². The molecule has 0 aliphatic heterocycles. The lowest BCUT2D eigenvalue weighted by Crippen LogP contribution is -2.21. The smallest absolute Gasteiger partial charge is 0.243 e. The summed E-state index contributed by atoms with van der Waals surface area (Å²) in [5.41, 5.74) is 1.82. The minimum absolute atomic E-state index is 0.0509. The molecule has 4 nitrogen and oxygen atoms in total. The number of hydrogen-bond acceptors (Lipinski definition) is 3. The Bertz CT molecular complexity index is 717. The zero-order chi connectivity index (χ0) is 16.1. The number of hydrogen-bond donors (Lipinski definition) is 2. The maximum absolute atomic E-state index is 11.9. The van der Waals surface area contributed by atoms with Crippen molar-refractivity contribution in [1.82, 2.24) is 0 Å². The monoisotopic (exact) mass is 336 g/mol. The van der Waals surface area contributed by atoms with E-state index in [9.17, 15) is 9.59 Å². The summed E-state index contributed by atoms with van der Waals surface area (Å²) in [4.78, 5) is 23.2. The molecule has 2 aromatic carbocycles. The summed E-state index contributed by atoms with van der Waals surface area (Å²) in [6.45, 7) is 1.55. The van der Waals surface area contributed by atoms with E-state index in [0.717, 1.165) is 0 Å². The number of benzene rings is 2. The van der Waals surface area contributed by atoms with Crippen LogP contribution in [0.1, 0.15) is 17.3 Å². The van der Waals surface area contributed by atoms with E-state index in [1.165, 1.54) is 6.92 Å². The van der Waals surface area contributed by atoms with Crippen LogP contribution in [-0.2, 0) is 4.79 Å². The first-order chi connectivity index (χ1) is 10.5. The molecule has 1 amide bonds. The summed E-state index contributed by atoms with van der Waals surface area (Å²) in [6, 6.07) is 11.8. The number of halogens is 2. The highest BCUT2D eigenvalue weighted by atomic mass is 35.5. The standard InChI is InChI=1S/C16H14Cl2N2O2/c1-10(21)11-3-2-4-13(7-11)20-16(22)9-19-12-5-6-14(17)15(18)8-12/h2-8,19H,9H2,1H3,(H,20,22). The van der Waals surface area contributed by atoms with Crippen molar-refractivity contribution in [2.75, 3.05) is 17.2 Å². The van der Waals surface area contributed by atoms with E-state index in [1.54, 1.807) is 42.5 Å². The average Bonchev–Trinajstić information content (AvgIpc) is 2.49. The largest absolute Gasteiger partial charge is 0.376 e. The second kappa shape index (κ2) is 7.29. The molecule has 6 heteroatoms. The summed E-state index contributed by atoms with van der Waals surface area (Å²) in [5.74, 6) is -0.281. The second-order valence-electron chi connectivity index (χ2n) is 4.67. The molecule has 0 aromatic heterocycles. The molecule has 2 aromatic rings. The van der Waals surface area contributed by atoms with Gasteiger partial charge in [-0.3, -0.25) is 9.59 Å². The normalized spacial score (nSPS) is 10.1. The number of Topliss-reactive ketones (excluding diaryl/α,β-unsaturated/α-hetero) is 1. The van der Waals surface area contributed by atoms with Gasteiger partial charge in [-0.15, -0.1) is 0 Å². The molecule has 2 N–H and O–H groups in total. The summed E-state index contributed by atoms with van der Waals surface area (Å²) in [6.07, 6.45) is 0. The van der Waals surface area contributed by atoms with Crippen molar-refractivity contribution in [2.45, 2.75) is 6.92 Å². The Balaban J connectivity index is 1.94. The van der Waals surface area contributed by atoms with Crippen molar-refractivity contribution >= 4 is 46.3 Å². The van der Waals surface area contributed by atoms with Gasteiger partial charge in [0.25, 0.3) is 0 Å². The number of carbonyl (C=O) groups excluding carboxylic acids is 2. The van der Waals surface area contributed by atoms with Gasteiger partial charge in [0.15, 0.2) is 5.78 Å². The Hall–Kier alpha value is -2.04. The number of carbonyl (C=O) groups is 2. The molecule has 0 unspecified atom stereocenters. The third-order valence-corrected chi connectivity index (χ3v) is 3.66. The van der Waals surface area contributed by atoms with Crippen molar-refractivity contribution in [3.8, 4) is 0 Å². The average molecular weight is 337 g/mol. The Kier molecular flexibility index (Phi) is 5.41. The van der Waals surface area contributed by atoms with Gasteiger partial charge in [0.05, 0.1) is 16.6 Å². The minimum atomic E-state index is -0.230. The number of anilines is 2. The molecule has 0 saturated carbocycles. The molecule has 0 aliphatic carbocycles. The zero-order valence-corrected chi connectivity index (χ0v) is 13.3. The molecular formula is C16H14Cl2N2O2. The number of nitrogens with one attached hydrogen (secondary N) is 2. The quantitative estimate of drug-likeness (QED) is 0.802. The van der Waals surface area contributed by atoms with Crippen LogP contribution in [0.4, 0.5) is 11.4 Å². The highest BCUT2D eigenvalue weighted by Gasteiger charge is 2.06. The first kappa shape index (κ1) is 16.3. The molecular weight excluding hydrogens is 323 g/mol. The Morgan fingerprint density at radius 3 is 2.45 bits per heavy atom. The molecule has 0 spiro atoms. The SMILES string of the molecule is CC(=O)c1cccc(NC(=O)CNc2ccc(Cl)c(Cl)c2)c1. The molecule has 0 atom stereocenters. The van der Waals surface area contributed by atoms with E-state index in [-0.39, 0.29) is 18.2 Å². The van der Waals surface area contributed by atoms with Crippen LogP contribution in [0.3, 0.4) is 0 Å². The zero-order valence-electron chi connectivity index (χ0n) is 11.8. The Labute approximate surface area is 138 Å². The van der Waals surface area contributed by atoms with E-state index in [4.69, 9.17) is 23.2 Å². The van der Waals surface area contributed by atoms with E-state index in [0.29, 0.717) is 27.0 Å². The van der Waals surface area contributed by atoms with E-state index in [2.05, 4.69) is 10.6 Å². The highest BCUT2D eigenvalue weighted by molar-refractivity contribution is 6.42. The predicted octanol–water partition coefficient (Wildman–Crippen LogP) is 4.25. The first-order valence-corrected chi connectivity index (χ1v) is 7.31. The van der Waals surface area contributed by atoms with E-state index in [1.807, 2.05) is 0 Å². The highest BCUT2D eigenvalue weighted by Crippen LogP contribution is 2.24. The number of amides is 1. The molecule has 0 heterocycles. The Morgan fingerprint density at radius 2 is 1.77 bits per heavy atom. The van der Waals surface area contributed by atoms with Gasteiger partial charge < -0.3 is 10.6 Å². The van der Waals surface area contributed by atoms with Crippen LogP contribution in [0.5, 0.6) is 0 Å². The van der Waals surface area contributed by atoms with Crippen LogP contribution < -0.4 is 10.6 Å². The fourth-order valence-electron chi connectivity index (χ4n) is 1.81. The second-order valence-corrected chi connectivity index (χ2v) is 5.48. The predicted molar refractivity (Wildman–Crippen MR) is 90.0 cm³/mol. The van der Waals surface area contributed by atoms with Crippen LogP contribution in [0.25, 0.3) is 0 Å². The van der Waals surface area contributed by atoms with Crippen LogP contribution in [-0.4, -0.2) is 18.2 Å². The van der Waals surface area contributed by atoms with Gasteiger partial charge in [0.2, 0.25) is 5.91 Å². The fraction of sp³-hybridized carbons (Fsp3) is 0.125. The van der Waals surface area contributed by atoms with Crippen molar-refractivity contribution in [1.29, 1.82) is 0 Å². The van der Waals surface area contributed by atoms with Crippen LogP contribution >= 0.6 is 23.2 Å². The topological polar surface area (TPSA) is 58.2 Å². The minimum Gasteiger partial charge on any atom is -0.376 e. The van der Waals surface area contributed by atoms with Crippen molar-refractivity contribution in [3.05, 3.63) is 58.1 Å². The maximum atomic E-state index is 11.9. The van der Waals surface area contributed by atoms with Crippen LogP contribution in [0.2, 0.25) is 10.0 Å². The summed E-state index contributed by atoms with van der Waals surface area (Å²) in [5, 5.41) is 6.54. The lowest BCUT2D eigenvalue weighted by molar-refractivity contribution is -0.114. The summed E-state index contributed by atoms with van der Waals surface area (Å²) in [7, 11) is 0. The molecule has 0 aliphatic rings. The summed E-state index contributed by atoms with van der Waals surface area (Å²) >= 11 is 11.7. The molecule has 0 bridgehead atoms. The molecule has 2 rings (SSSR count). The van der Waals surface area contributed by atoms with E-state index < -0.39 is 0 Å². The van der Waals surface area contributed by atoms with Gasteiger partial charge >= 0.3 is 0 Å². The van der Waals surface area contributed by atoms with Gasteiger partial charge in [0.1, 0.15) is 0 Å². The third kappa shape index (κ3) is 4.48. The van der Waals surface area contributed by atoms with Gasteiger partial charge in [-0.25, -0.2) is 0 Å². The molecule has 114 valence electrons. The van der Waals surface area contributed by atoms with E-state index >= 15 is 0 Å². The maximum Gasteiger partial charge on any atom is 0.243 e. The van der Waals surface area contributed by atoms with Crippen molar-refractivity contribution < 1.29 is 9.59 Å².